The highest BCUT2D eigenvalue weighted by molar-refractivity contribution is 7.89. The second kappa shape index (κ2) is 4.43. The van der Waals surface area contributed by atoms with Crippen molar-refractivity contribution in [3.05, 3.63) is 24.0 Å². The number of nitrogen functional groups attached to an aromatic ring is 1. The standard InChI is InChI=1S/C12H15FN2O3S/c13-10-2-1-3-11(14)12(10)19(16,17)15-6-8-4-5-9(7-15)18-8/h1-3,8-9H,4-7,14H2. The summed E-state index contributed by atoms with van der Waals surface area (Å²) in [6.45, 7) is 0.541. The third-order valence-corrected chi connectivity index (χ3v) is 5.53. The first-order valence-electron chi connectivity index (χ1n) is 6.18. The number of fused-ring (bicyclic) bond motifs is 2. The van der Waals surface area contributed by atoms with E-state index < -0.39 is 20.7 Å². The van der Waals surface area contributed by atoms with E-state index in [4.69, 9.17) is 10.5 Å². The maximum Gasteiger partial charge on any atom is 0.248 e. The van der Waals surface area contributed by atoms with Crippen molar-refractivity contribution in [2.75, 3.05) is 18.8 Å². The van der Waals surface area contributed by atoms with Crippen LogP contribution >= 0.6 is 0 Å². The van der Waals surface area contributed by atoms with E-state index in [1.54, 1.807) is 0 Å². The molecule has 2 atom stereocenters. The predicted molar refractivity (Wildman–Crippen MR) is 67.5 cm³/mol. The maximum absolute atomic E-state index is 13.8. The lowest BCUT2D eigenvalue weighted by molar-refractivity contribution is -0.0115. The summed E-state index contributed by atoms with van der Waals surface area (Å²) in [6.07, 6.45) is 1.54. The molecule has 3 rings (SSSR count). The first kappa shape index (κ1) is 12.8. The molecule has 5 nitrogen and oxygen atoms in total. The summed E-state index contributed by atoms with van der Waals surface area (Å²) in [5, 5.41) is 0. The Labute approximate surface area is 111 Å². The van der Waals surface area contributed by atoms with Crippen LogP contribution in [0.4, 0.5) is 10.1 Å². The highest BCUT2D eigenvalue weighted by Crippen LogP contribution is 2.32. The molecule has 2 heterocycles. The third-order valence-electron chi connectivity index (χ3n) is 3.61. The number of hydrogen-bond donors (Lipinski definition) is 1. The van der Waals surface area contributed by atoms with Crippen LogP contribution < -0.4 is 5.73 Å². The molecule has 2 N–H and O–H groups in total. The second-order valence-electron chi connectivity index (χ2n) is 4.94. The Bertz CT molecular complexity index is 573. The van der Waals surface area contributed by atoms with Gasteiger partial charge in [-0.3, -0.25) is 0 Å². The number of sulfonamides is 1. The van der Waals surface area contributed by atoms with Gasteiger partial charge in [-0.1, -0.05) is 6.07 Å². The first-order valence-corrected chi connectivity index (χ1v) is 7.62. The molecule has 0 spiro atoms. The summed E-state index contributed by atoms with van der Waals surface area (Å²) in [5.74, 6) is -0.807. The van der Waals surface area contributed by atoms with Crippen molar-refractivity contribution in [1.29, 1.82) is 0 Å². The minimum atomic E-state index is -3.90. The number of ether oxygens (including phenoxy) is 1. The van der Waals surface area contributed by atoms with Gasteiger partial charge in [0.15, 0.2) is 0 Å². The SMILES string of the molecule is Nc1cccc(F)c1S(=O)(=O)N1CC2CCC(C1)O2. The number of benzene rings is 1. The lowest BCUT2D eigenvalue weighted by atomic mass is 10.2. The summed E-state index contributed by atoms with van der Waals surface area (Å²) in [5.41, 5.74) is 5.57. The van der Waals surface area contributed by atoms with Crippen LogP contribution in [0, 0.1) is 5.82 Å². The van der Waals surface area contributed by atoms with Crippen LogP contribution in [0.25, 0.3) is 0 Å². The van der Waals surface area contributed by atoms with Crippen LogP contribution in [-0.4, -0.2) is 38.0 Å². The average Bonchev–Trinajstić information content (AvgIpc) is 2.67. The number of rotatable bonds is 2. The van der Waals surface area contributed by atoms with Gasteiger partial charge in [-0.05, 0) is 25.0 Å². The van der Waals surface area contributed by atoms with Gasteiger partial charge in [-0.25, -0.2) is 12.8 Å². The number of halogens is 1. The van der Waals surface area contributed by atoms with Crippen molar-refractivity contribution in [3.8, 4) is 0 Å². The Morgan fingerprint density at radius 2 is 1.89 bits per heavy atom. The van der Waals surface area contributed by atoms with Crippen molar-refractivity contribution >= 4 is 15.7 Å². The van der Waals surface area contributed by atoms with Gasteiger partial charge in [-0.15, -0.1) is 0 Å². The van der Waals surface area contributed by atoms with Crippen molar-refractivity contribution < 1.29 is 17.5 Å². The minimum Gasteiger partial charge on any atom is -0.398 e. The Morgan fingerprint density at radius 3 is 2.47 bits per heavy atom. The highest BCUT2D eigenvalue weighted by Gasteiger charge is 2.40. The molecule has 2 unspecified atom stereocenters. The van der Waals surface area contributed by atoms with Crippen molar-refractivity contribution in [3.63, 3.8) is 0 Å². The number of morpholine rings is 1. The fourth-order valence-corrected chi connectivity index (χ4v) is 4.36. The minimum absolute atomic E-state index is 0.0566. The van der Waals surface area contributed by atoms with Gasteiger partial charge in [0.1, 0.15) is 10.7 Å². The van der Waals surface area contributed by atoms with Gasteiger partial charge < -0.3 is 10.5 Å². The van der Waals surface area contributed by atoms with E-state index in [-0.39, 0.29) is 31.0 Å². The normalized spacial score (nSPS) is 27.6. The van der Waals surface area contributed by atoms with E-state index >= 15 is 0 Å². The van der Waals surface area contributed by atoms with Crippen LogP contribution in [-0.2, 0) is 14.8 Å². The van der Waals surface area contributed by atoms with Crippen LogP contribution in [0.2, 0.25) is 0 Å². The zero-order valence-electron chi connectivity index (χ0n) is 10.3. The van der Waals surface area contributed by atoms with Crippen LogP contribution in [0.5, 0.6) is 0 Å². The Kier molecular flexibility index (Phi) is 2.99. The van der Waals surface area contributed by atoms with E-state index in [1.165, 1.54) is 16.4 Å². The molecule has 0 aliphatic carbocycles. The Hall–Kier alpha value is -1.18. The monoisotopic (exact) mass is 286 g/mol. The molecule has 2 aliphatic rings. The average molecular weight is 286 g/mol. The number of nitrogens with zero attached hydrogens (tertiary/aromatic N) is 1. The molecule has 2 aliphatic heterocycles. The van der Waals surface area contributed by atoms with E-state index in [2.05, 4.69) is 0 Å². The van der Waals surface area contributed by atoms with E-state index in [1.807, 2.05) is 0 Å². The van der Waals surface area contributed by atoms with Crippen molar-refractivity contribution in [2.24, 2.45) is 0 Å². The molecule has 0 amide bonds. The molecule has 104 valence electrons. The van der Waals surface area contributed by atoms with Crippen molar-refractivity contribution in [1.82, 2.24) is 4.31 Å². The number of nitrogens with two attached hydrogens (primary N) is 1. The lowest BCUT2D eigenvalue weighted by Crippen LogP contribution is -2.46. The van der Waals surface area contributed by atoms with E-state index in [0.29, 0.717) is 0 Å². The summed E-state index contributed by atoms with van der Waals surface area (Å²) in [6, 6.07) is 3.90. The zero-order chi connectivity index (χ0) is 13.6. The largest absolute Gasteiger partial charge is 0.398 e. The van der Waals surface area contributed by atoms with Gasteiger partial charge in [0, 0.05) is 13.1 Å². The fraction of sp³-hybridized carbons (Fsp3) is 0.500. The lowest BCUT2D eigenvalue weighted by Gasteiger charge is -2.31. The fourth-order valence-electron chi connectivity index (χ4n) is 2.70. The molecular weight excluding hydrogens is 271 g/mol. The van der Waals surface area contributed by atoms with Crippen LogP contribution in [0.3, 0.4) is 0 Å². The molecular formula is C12H15FN2O3S. The summed E-state index contributed by atoms with van der Waals surface area (Å²) >= 11 is 0. The molecule has 19 heavy (non-hydrogen) atoms. The van der Waals surface area contributed by atoms with E-state index in [9.17, 15) is 12.8 Å². The van der Waals surface area contributed by atoms with Gasteiger partial charge >= 0.3 is 0 Å². The maximum atomic E-state index is 13.8. The Balaban J connectivity index is 1.99. The number of hydrogen-bond acceptors (Lipinski definition) is 4. The highest BCUT2D eigenvalue weighted by atomic mass is 32.2. The van der Waals surface area contributed by atoms with Gasteiger partial charge in [0.25, 0.3) is 0 Å². The third kappa shape index (κ3) is 2.11. The van der Waals surface area contributed by atoms with Gasteiger partial charge in [-0.2, -0.15) is 4.31 Å². The van der Waals surface area contributed by atoms with E-state index in [0.717, 1.165) is 18.9 Å². The summed E-state index contributed by atoms with van der Waals surface area (Å²) in [4.78, 5) is -0.420. The quantitative estimate of drug-likeness (QED) is 0.822. The zero-order valence-corrected chi connectivity index (χ0v) is 11.1. The molecule has 2 fully saturated rings. The molecule has 1 aromatic rings. The first-order chi connectivity index (χ1) is 8.98. The molecule has 0 radical (unpaired) electrons. The Morgan fingerprint density at radius 1 is 1.26 bits per heavy atom. The molecule has 7 heteroatoms. The molecule has 0 aromatic heterocycles. The molecule has 2 bridgehead atoms. The number of anilines is 1. The van der Waals surface area contributed by atoms with Gasteiger partial charge in [0.2, 0.25) is 10.0 Å². The predicted octanol–water partition coefficient (Wildman–Crippen LogP) is 0.960. The van der Waals surface area contributed by atoms with Crippen molar-refractivity contribution in [2.45, 2.75) is 29.9 Å². The summed E-state index contributed by atoms with van der Waals surface area (Å²) < 4.78 is 45.7. The van der Waals surface area contributed by atoms with Crippen LogP contribution in [0.1, 0.15) is 12.8 Å². The van der Waals surface area contributed by atoms with Gasteiger partial charge in [0.05, 0.1) is 17.9 Å². The summed E-state index contributed by atoms with van der Waals surface area (Å²) in [7, 11) is -3.90. The molecule has 0 saturated carbocycles. The smallest absolute Gasteiger partial charge is 0.248 e. The molecule has 2 saturated heterocycles. The molecule has 1 aromatic carbocycles. The topological polar surface area (TPSA) is 72.6 Å². The second-order valence-corrected chi connectivity index (χ2v) is 6.81. The van der Waals surface area contributed by atoms with Crippen LogP contribution in [0.15, 0.2) is 23.1 Å².